The first kappa shape index (κ1) is 28.3. The number of nitrogens with zero attached hydrogens (tertiary/aromatic N) is 1. The van der Waals surface area contributed by atoms with Crippen LogP contribution in [0.5, 0.6) is 0 Å². The van der Waals surface area contributed by atoms with Gasteiger partial charge in [-0.1, -0.05) is 133 Å². The summed E-state index contributed by atoms with van der Waals surface area (Å²) in [5.74, 6) is -1.29. The van der Waals surface area contributed by atoms with Crippen LogP contribution >= 0.6 is 12.6 Å². The van der Waals surface area contributed by atoms with Gasteiger partial charge in [0.25, 0.3) is 0 Å². The fourth-order valence-electron chi connectivity index (χ4n) is 6.29. The summed E-state index contributed by atoms with van der Waals surface area (Å²) in [6.45, 7) is -0.000144. The number of aliphatic carboxylic acids is 1. The third-order valence-electron chi connectivity index (χ3n) is 8.20. The van der Waals surface area contributed by atoms with Crippen molar-refractivity contribution in [3.05, 3.63) is 167 Å². The SMILES string of the molecule is O=C(O)C(CS)N(C(=O)OCc1cccc2c1Cc1ccccc1-2)C(c1ccccc1)(c1ccccc1)c1ccccc1. The molecule has 5 aromatic rings. The number of amides is 1. The second kappa shape index (κ2) is 12.2. The zero-order valence-corrected chi connectivity index (χ0v) is 24.4. The quantitative estimate of drug-likeness (QED) is 0.136. The monoisotopic (exact) mass is 585 g/mol. The predicted octanol–water partition coefficient (Wildman–Crippen LogP) is 7.57. The minimum Gasteiger partial charge on any atom is -0.480 e. The molecule has 1 unspecified atom stereocenters. The number of rotatable bonds is 9. The highest BCUT2D eigenvalue weighted by Crippen LogP contribution is 2.44. The molecule has 1 aliphatic rings. The maximum Gasteiger partial charge on any atom is 0.412 e. The molecule has 5 aromatic carbocycles. The number of carbonyl (C=O) groups excluding carboxylic acids is 1. The maximum absolute atomic E-state index is 14.5. The van der Waals surface area contributed by atoms with Gasteiger partial charge in [0.05, 0.1) is 0 Å². The number of fused-ring (bicyclic) bond motifs is 3. The standard InChI is InChI=1S/C37H31NO4S/c39-35(40)34(25-43)38(36(41)42-24-27-14-12-22-32-31-21-11-10-13-26(31)23-33(27)32)37(28-15-4-1-5-16-28,29-17-6-2-7-18-29)30-19-8-3-9-20-30/h1-22,34,43H,23-25H2,(H,39,40). The number of carboxylic acids is 1. The summed E-state index contributed by atoms with van der Waals surface area (Å²) in [6.07, 6.45) is 0.00499. The van der Waals surface area contributed by atoms with Crippen LogP contribution in [-0.4, -0.2) is 33.9 Å². The molecule has 0 saturated heterocycles. The average molecular weight is 586 g/mol. The van der Waals surface area contributed by atoms with Crippen LogP contribution in [0.2, 0.25) is 0 Å². The van der Waals surface area contributed by atoms with Crippen LogP contribution in [0.25, 0.3) is 11.1 Å². The summed E-state index contributed by atoms with van der Waals surface area (Å²) in [4.78, 5) is 28.7. The second-order valence-electron chi connectivity index (χ2n) is 10.5. The van der Waals surface area contributed by atoms with Gasteiger partial charge in [-0.05, 0) is 50.9 Å². The van der Waals surface area contributed by atoms with Gasteiger partial charge in [-0.2, -0.15) is 12.6 Å². The van der Waals surface area contributed by atoms with Crippen molar-refractivity contribution in [3.63, 3.8) is 0 Å². The summed E-state index contributed by atoms with van der Waals surface area (Å²) in [7, 11) is 0. The van der Waals surface area contributed by atoms with Gasteiger partial charge >= 0.3 is 12.1 Å². The van der Waals surface area contributed by atoms with E-state index in [0.29, 0.717) is 0 Å². The molecule has 6 heteroatoms. The van der Waals surface area contributed by atoms with Crippen molar-refractivity contribution < 1.29 is 19.4 Å². The van der Waals surface area contributed by atoms with Crippen LogP contribution < -0.4 is 0 Å². The Morgan fingerprint density at radius 2 is 1.23 bits per heavy atom. The molecule has 0 fully saturated rings. The lowest BCUT2D eigenvalue weighted by molar-refractivity contribution is -0.143. The molecule has 0 aliphatic heterocycles. The molecule has 0 aromatic heterocycles. The summed E-state index contributed by atoms with van der Waals surface area (Å²) < 4.78 is 6.11. The van der Waals surface area contributed by atoms with E-state index in [4.69, 9.17) is 4.74 Å². The van der Waals surface area contributed by atoms with E-state index < -0.39 is 23.6 Å². The summed E-state index contributed by atoms with van der Waals surface area (Å²) >= 11 is 4.45. The van der Waals surface area contributed by atoms with Gasteiger partial charge in [0.2, 0.25) is 0 Å². The zero-order valence-electron chi connectivity index (χ0n) is 23.5. The predicted molar refractivity (Wildman–Crippen MR) is 171 cm³/mol. The van der Waals surface area contributed by atoms with Crippen molar-refractivity contribution in [2.45, 2.75) is 24.6 Å². The smallest absolute Gasteiger partial charge is 0.412 e. The lowest BCUT2D eigenvalue weighted by Gasteiger charge is -2.47. The molecule has 1 atom stereocenters. The lowest BCUT2D eigenvalue weighted by Crippen LogP contribution is -2.59. The van der Waals surface area contributed by atoms with Crippen molar-refractivity contribution in [2.75, 3.05) is 5.75 Å². The minimum atomic E-state index is -1.33. The van der Waals surface area contributed by atoms with E-state index in [-0.39, 0.29) is 12.4 Å². The topological polar surface area (TPSA) is 66.8 Å². The highest BCUT2D eigenvalue weighted by Gasteiger charge is 2.50. The molecule has 0 bridgehead atoms. The van der Waals surface area contributed by atoms with Crippen molar-refractivity contribution in [2.24, 2.45) is 0 Å². The Hall–Kier alpha value is -4.81. The number of carbonyl (C=O) groups is 2. The molecule has 6 rings (SSSR count). The van der Waals surface area contributed by atoms with Crippen molar-refractivity contribution >= 4 is 24.7 Å². The minimum absolute atomic E-state index is 0.000144. The maximum atomic E-state index is 14.5. The van der Waals surface area contributed by atoms with Crippen molar-refractivity contribution in [1.29, 1.82) is 0 Å². The molecule has 0 heterocycles. The molecular formula is C37H31NO4S. The van der Waals surface area contributed by atoms with Crippen LogP contribution in [0.15, 0.2) is 133 Å². The highest BCUT2D eigenvalue weighted by atomic mass is 32.1. The van der Waals surface area contributed by atoms with Gasteiger partial charge in [0.1, 0.15) is 18.2 Å². The number of carboxylic acid groups (broad SMARTS) is 1. The van der Waals surface area contributed by atoms with E-state index in [1.165, 1.54) is 16.0 Å². The Labute approximate surface area is 256 Å². The number of hydrogen-bond donors (Lipinski definition) is 2. The summed E-state index contributed by atoms with van der Waals surface area (Å²) in [6, 6.07) is 41.5. The van der Waals surface area contributed by atoms with E-state index in [1.54, 1.807) is 0 Å². The normalized spacial score (nSPS) is 12.6. The van der Waals surface area contributed by atoms with Gasteiger partial charge in [-0.15, -0.1) is 0 Å². The van der Waals surface area contributed by atoms with Crippen molar-refractivity contribution in [1.82, 2.24) is 4.90 Å². The molecule has 5 nitrogen and oxygen atoms in total. The third kappa shape index (κ3) is 5.08. The largest absolute Gasteiger partial charge is 0.480 e. The first-order valence-corrected chi connectivity index (χ1v) is 14.8. The summed E-state index contributed by atoms with van der Waals surface area (Å²) in [5, 5.41) is 10.5. The third-order valence-corrected chi connectivity index (χ3v) is 8.55. The fraction of sp³-hybridized carbons (Fsp3) is 0.135. The van der Waals surface area contributed by atoms with E-state index >= 15 is 0 Å². The molecule has 0 radical (unpaired) electrons. The molecular weight excluding hydrogens is 554 g/mol. The van der Waals surface area contributed by atoms with Gasteiger partial charge in [-0.3, -0.25) is 4.90 Å². The van der Waals surface area contributed by atoms with Crippen LogP contribution in [0, 0.1) is 0 Å². The van der Waals surface area contributed by atoms with Crippen LogP contribution in [0.1, 0.15) is 33.4 Å². The molecule has 43 heavy (non-hydrogen) atoms. The Morgan fingerprint density at radius 1 is 0.721 bits per heavy atom. The second-order valence-corrected chi connectivity index (χ2v) is 10.9. The number of ether oxygens (including phenoxy) is 1. The molecule has 0 saturated carbocycles. The Kier molecular flexibility index (Phi) is 8.03. The molecule has 214 valence electrons. The van der Waals surface area contributed by atoms with Crippen LogP contribution in [0.3, 0.4) is 0 Å². The first-order valence-electron chi connectivity index (χ1n) is 14.2. The zero-order chi connectivity index (χ0) is 29.8. The van der Waals surface area contributed by atoms with Gasteiger partial charge in [-0.25, -0.2) is 9.59 Å². The number of hydrogen-bond acceptors (Lipinski definition) is 4. The van der Waals surface area contributed by atoms with E-state index in [9.17, 15) is 14.7 Å². The van der Waals surface area contributed by atoms with E-state index in [1.807, 2.05) is 115 Å². The van der Waals surface area contributed by atoms with Gasteiger partial charge in [0.15, 0.2) is 0 Å². The summed E-state index contributed by atoms with van der Waals surface area (Å²) in [5.41, 5.74) is 6.42. The molecule has 1 N–H and O–H groups in total. The van der Waals surface area contributed by atoms with Gasteiger partial charge < -0.3 is 9.84 Å². The number of thiol groups is 1. The first-order chi connectivity index (χ1) is 21.1. The van der Waals surface area contributed by atoms with Gasteiger partial charge in [0, 0.05) is 5.75 Å². The van der Waals surface area contributed by atoms with E-state index in [0.717, 1.165) is 39.8 Å². The average Bonchev–Trinajstić information content (AvgIpc) is 3.44. The van der Waals surface area contributed by atoms with Crippen LogP contribution in [-0.2, 0) is 28.1 Å². The molecule has 1 aliphatic carbocycles. The Bertz CT molecular complexity index is 1640. The fourth-order valence-corrected chi connectivity index (χ4v) is 6.61. The Morgan fingerprint density at radius 3 is 1.77 bits per heavy atom. The van der Waals surface area contributed by atoms with Crippen molar-refractivity contribution in [3.8, 4) is 11.1 Å². The Balaban J connectivity index is 1.49. The molecule has 0 spiro atoms. The van der Waals surface area contributed by atoms with Crippen LogP contribution in [0.4, 0.5) is 4.79 Å². The molecule has 1 amide bonds. The highest BCUT2D eigenvalue weighted by molar-refractivity contribution is 7.80. The lowest BCUT2D eigenvalue weighted by atomic mass is 9.75. The number of benzene rings is 5. The van der Waals surface area contributed by atoms with E-state index in [2.05, 4.69) is 30.8 Å².